The number of nitrogens with zero attached hydrogens (tertiary/aromatic N) is 2. The number of pyridine rings is 1. The minimum atomic E-state index is 0.103. The van der Waals surface area contributed by atoms with Crippen LogP contribution >= 0.6 is 0 Å². The fraction of sp³-hybridized carbons (Fsp3) is 0.333. The number of amides is 1. The van der Waals surface area contributed by atoms with E-state index in [1.165, 1.54) is 12.0 Å². The zero-order valence-electron chi connectivity index (χ0n) is 16.6. The molecule has 4 rings (SSSR count). The smallest absolute Gasteiger partial charge is 0.253 e. The molecule has 1 aromatic heterocycles. The average Bonchev–Trinajstić information content (AvgIpc) is 2.74. The number of carbonyl (C=O) groups is 1. The Kier molecular flexibility index (Phi) is 5.29. The highest BCUT2D eigenvalue weighted by Gasteiger charge is 2.19. The molecular formula is C24H26N2O2. The fourth-order valence-electron chi connectivity index (χ4n) is 3.75. The molecule has 2 heterocycles. The van der Waals surface area contributed by atoms with Crippen molar-refractivity contribution in [3.8, 4) is 17.0 Å². The Morgan fingerprint density at radius 2 is 1.79 bits per heavy atom. The molecule has 1 fully saturated rings. The van der Waals surface area contributed by atoms with Gasteiger partial charge in [0.2, 0.25) is 0 Å². The van der Waals surface area contributed by atoms with Crippen molar-refractivity contribution in [2.45, 2.75) is 33.1 Å². The van der Waals surface area contributed by atoms with Gasteiger partial charge in [-0.25, -0.2) is 4.98 Å². The summed E-state index contributed by atoms with van der Waals surface area (Å²) in [5.74, 6) is 0.878. The van der Waals surface area contributed by atoms with Crippen LogP contribution in [0.15, 0.2) is 48.5 Å². The molecular weight excluding hydrogens is 348 g/mol. The van der Waals surface area contributed by atoms with Gasteiger partial charge in [-0.15, -0.1) is 0 Å². The summed E-state index contributed by atoms with van der Waals surface area (Å²) in [5.41, 5.74) is 4.71. The molecule has 0 radical (unpaired) electrons. The van der Waals surface area contributed by atoms with Crippen molar-refractivity contribution in [1.29, 1.82) is 0 Å². The maximum Gasteiger partial charge on any atom is 0.253 e. The number of likely N-dealkylation sites (tertiary alicyclic amines) is 1. The zero-order valence-corrected chi connectivity index (χ0v) is 16.6. The number of fused-ring (bicyclic) bond motifs is 1. The van der Waals surface area contributed by atoms with E-state index in [4.69, 9.17) is 9.72 Å². The summed E-state index contributed by atoms with van der Waals surface area (Å²) >= 11 is 0. The predicted octanol–water partition coefficient (Wildman–Crippen LogP) is 5.24. The summed E-state index contributed by atoms with van der Waals surface area (Å²) < 4.78 is 5.92. The Morgan fingerprint density at radius 3 is 2.50 bits per heavy atom. The third kappa shape index (κ3) is 3.72. The van der Waals surface area contributed by atoms with Crippen molar-refractivity contribution in [3.05, 3.63) is 59.7 Å². The maximum atomic E-state index is 12.9. The van der Waals surface area contributed by atoms with Gasteiger partial charge in [-0.1, -0.05) is 29.8 Å². The summed E-state index contributed by atoms with van der Waals surface area (Å²) in [6.45, 7) is 6.31. The van der Waals surface area contributed by atoms with Crippen LogP contribution in [-0.2, 0) is 0 Å². The van der Waals surface area contributed by atoms with Gasteiger partial charge >= 0.3 is 0 Å². The van der Waals surface area contributed by atoms with Crippen LogP contribution in [0.1, 0.15) is 42.1 Å². The molecule has 3 aromatic rings. The van der Waals surface area contributed by atoms with E-state index in [-0.39, 0.29) is 5.91 Å². The molecule has 0 N–H and O–H groups in total. The molecule has 1 saturated heterocycles. The first kappa shape index (κ1) is 18.5. The second-order valence-electron chi connectivity index (χ2n) is 7.39. The minimum Gasteiger partial charge on any atom is -0.493 e. The van der Waals surface area contributed by atoms with Gasteiger partial charge in [0.05, 0.1) is 17.8 Å². The molecule has 0 saturated carbocycles. The Bertz CT molecular complexity index is 989. The largest absolute Gasteiger partial charge is 0.493 e. The lowest BCUT2D eigenvalue weighted by Crippen LogP contribution is -2.35. The standard InChI is InChI=1S/C24H26N2O2/c1-3-28-23-16-22(18-9-7-17(2)8-10-18)25-21-12-11-19(15-20(21)23)24(27)26-13-5-4-6-14-26/h7-12,15-16H,3-6,13-14H2,1-2H3. The molecule has 2 aromatic carbocycles. The summed E-state index contributed by atoms with van der Waals surface area (Å²) in [7, 11) is 0. The maximum absolute atomic E-state index is 12.9. The minimum absolute atomic E-state index is 0.103. The van der Waals surface area contributed by atoms with E-state index in [2.05, 4.69) is 31.2 Å². The van der Waals surface area contributed by atoms with Crippen LogP contribution in [0.2, 0.25) is 0 Å². The van der Waals surface area contributed by atoms with Crippen LogP contribution in [0.3, 0.4) is 0 Å². The molecule has 144 valence electrons. The van der Waals surface area contributed by atoms with Crippen LogP contribution in [0.5, 0.6) is 5.75 Å². The van der Waals surface area contributed by atoms with Crippen LogP contribution in [-0.4, -0.2) is 35.5 Å². The molecule has 4 nitrogen and oxygen atoms in total. The Balaban J connectivity index is 1.75. The van der Waals surface area contributed by atoms with E-state index in [1.54, 1.807) is 0 Å². The Hall–Kier alpha value is -2.88. The van der Waals surface area contributed by atoms with Gasteiger partial charge < -0.3 is 9.64 Å². The first-order valence-corrected chi connectivity index (χ1v) is 10.1. The topological polar surface area (TPSA) is 42.4 Å². The number of benzene rings is 2. The number of aryl methyl sites for hydroxylation is 1. The fourth-order valence-corrected chi connectivity index (χ4v) is 3.75. The molecule has 0 atom stereocenters. The Labute approximate surface area is 166 Å². The highest BCUT2D eigenvalue weighted by molar-refractivity contribution is 5.99. The van der Waals surface area contributed by atoms with Gasteiger partial charge in [-0.05, 0) is 51.3 Å². The van der Waals surface area contributed by atoms with Gasteiger partial charge in [-0.2, -0.15) is 0 Å². The summed E-state index contributed by atoms with van der Waals surface area (Å²) in [6, 6.07) is 16.1. The molecule has 0 aliphatic carbocycles. The number of hydrogen-bond acceptors (Lipinski definition) is 3. The van der Waals surface area contributed by atoms with Gasteiger partial charge in [-0.3, -0.25) is 4.79 Å². The van der Waals surface area contributed by atoms with Gasteiger partial charge in [0.15, 0.2) is 0 Å². The number of hydrogen-bond donors (Lipinski definition) is 0. The van der Waals surface area contributed by atoms with Gasteiger partial charge in [0, 0.05) is 35.7 Å². The third-order valence-electron chi connectivity index (χ3n) is 5.31. The molecule has 1 aliphatic heterocycles. The second-order valence-corrected chi connectivity index (χ2v) is 7.39. The SMILES string of the molecule is CCOc1cc(-c2ccc(C)cc2)nc2ccc(C(=O)N3CCCCC3)cc12. The van der Waals surface area contributed by atoms with Crippen molar-refractivity contribution in [2.24, 2.45) is 0 Å². The molecule has 0 bridgehead atoms. The van der Waals surface area contributed by atoms with E-state index < -0.39 is 0 Å². The highest BCUT2D eigenvalue weighted by atomic mass is 16.5. The summed E-state index contributed by atoms with van der Waals surface area (Å²) in [6.07, 6.45) is 3.39. The average molecular weight is 374 g/mol. The molecule has 0 spiro atoms. The highest BCUT2D eigenvalue weighted by Crippen LogP contribution is 2.31. The first-order chi connectivity index (χ1) is 13.7. The zero-order chi connectivity index (χ0) is 19.5. The van der Waals surface area contributed by atoms with E-state index in [1.807, 2.05) is 36.1 Å². The molecule has 28 heavy (non-hydrogen) atoms. The quantitative estimate of drug-likeness (QED) is 0.627. The van der Waals surface area contributed by atoms with Crippen molar-refractivity contribution in [3.63, 3.8) is 0 Å². The second kappa shape index (κ2) is 8.01. The van der Waals surface area contributed by atoms with Gasteiger partial charge in [0.1, 0.15) is 5.75 Å². The van der Waals surface area contributed by atoms with Crippen LogP contribution in [0.4, 0.5) is 0 Å². The Morgan fingerprint density at radius 1 is 1.04 bits per heavy atom. The lowest BCUT2D eigenvalue weighted by atomic mass is 10.0. The number of rotatable bonds is 4. The van der Waals surface area contributed by atoms with E-state index in [0.29, 0.717) is 12.2 Å². The monoisotopic (exact) mass is 374 g/mol. The van der Waals surface area contributed by atoms with Gasteiger partial charge in [0.25, 0.3) is 5.91 Å². The molecule has 4 heteroatoms. The molecule has 1 aliphatic rings. The predicted molar refractivity (Wildman–Crippen MR) is 113 cm³/mol. The number of piperidine rings is 1. The normalized spacial score (nSPS) is 14.3. The van der Waals surface area contributed by atoms with Crippen molar-refractivity contribution in [2.75, 3.05) is 19.7 Å². The number of carbonyl (C=O) groups excluding carboxylic acids is 1. The van der Waals surface area contributed by atoms with E-state index >= 15 is 0 Å². The number of aromatic nitrogens is 1. The van der Waals surface area contributed by atoms with Crippen LogP contribution in [0.25, 0.3) is 22.2 Å². The lowest BCUT2D eigenvalue weighted by molar-refractivity contribution is 0.0724. The lowest BCUT2D eigenvalue weighted by Gasteiger charge is -2.26. The first-order valence-electron chi connectivity index (χ1n) is 10.1. The van der Waals surface area contributed by atoms with Crippen LogP contribution in [0, 0.1) is 6.92 Å². The van der Waals surface area contributed by atoms with E-state index in [9.17, 15) is 4.79 Å². The van der Waals surface area contributed by atoms with Crippen LogP contribution < -0.4 is 4.74 Å². The summed E-state index contributed by atoms with van der Waals surface area (Å²) in [5, 5.41) is 0.889. The van der Waals surface area contributed by atoms with Crippen molar-refractivity contribution < 1.29 is 9.53 Å². The molecule has 0 unspecified atom stereocenters. The van der Waals surface area contributed by atoms with Crippen molar-refractivity contribution in [1.82, 2.24) is 9.88 Å². The third-order valence-corrected chi connectivity index (χ3v) is 5.31. The summed E-state index contributed by atoms with van der Waals surface area (Å²) in [4.78, 5) is 19.7. The van der Waals surface area contributed by atoms with Crippen molar-refractivity contribution >= 4 is 16.8 Å². The molecule has 1 amide bonds. The number of ether oxygens (including phenoxy) is 1. The van der Waals surface area contributed by atoms with E-state index in [0.717, 1.165) is 53.8 Å².